The van der Waals surface area contributed by atoms with Crippen LogP contribution in [0.3, 0.4) is 0 Å². The van der Waals surface area contributed by atoms with Crippen molar-refractivity contribution in [1.82, 2.24) is 4.90 Å². The van der Waals surface area contributed by atoms with Gasteiger partial charge in [-0.2, -0.15) is 0 Å². The Labute approximate surface area is 142 Å². The molecule has 2 aliphatic rings. The van der Waals surface area contributed by atoms with Crippen LogP contribution in [0.4, 0.5) is 0 Å². The topological polar surface area (TPSA) is 21.7 Å². The zero-order chi connectivity index (χ0) is 16.2. The maximum atomic E-state index is 5.42. The van der Waals surface area contributed by atoms with Crippen LogP contribution in [0.1, 0.15) is 17.5 Å². The lowest BCUT2D eigenvalue weighted by Crippen LogP contribution is -2.27. The molecule has 0 amide bonds. The molecule has 0 aromatic heterocycles. The van der Waals surface area contributed by atoms with Gasteiger partial charge in [-0.25, -0.2) is 0 Å². The first-order chi connectivity index (χ1) is 11.9. The van der Waals surface area contributed by atoms with Crippen molar-refractivity contribution in [2.45, 2.75) is 13.0 Å². The largest absolute Gasteiger partial charge is 0.454 e. The van der Waals surface area contributed by atoms with Gasteiger partial charge in [0.25, 0.3) is 0 Å². The van der Waals surface area contributed by atoms with E-state index < -0.39 is 0 Å². The van der Waals surface area contributed by atoms with Crippen molar-refractivity contribution in [3.63, 3.8) is 0 Å². The highest BCUT2D eigenvalue weighted by Crippen LogP contribution is 2.33. The van der Waals surface area contributed by atoms with E-state index in [9.17, 15) is 0 Å². The smallest absolute Gasteiger partial charge is 0.231 e. The van der Waals surface area contributed by atoms with Gasteiger partial charge >= 0.3 is 0 Å². The molecule has 2 heterocycles. The Hall–Kier alpha value is -2.52. The molecule has 0 N–H and O–H groups in total. The maximum absolute atomic E-state index is 5.42. The Morgan fingerprint density at radius 2 is 1.83 bits per heavy atom. The van der Waals surface area contributed by atoms with Crippen molar-refractivity contribution in [3.05, 3.63) is 77.4 Å². The van der Waals surface area contributed by atoms with E-state index in [0.29, 0.717) is 6.79 Å². The highest BCUT2D eigenvalue weighted by molar-refractivity contribution is 5.58. The number of rotatable bonds is 4. The molecule has 3 heteroatoms. The summed E-state index contributed by atoms with van der Waals surface area (Å²) in [6.07, 6.45) is 7.79. The van der Waals surface area contributed by atoms with Crippen LogP contribution in [0.25, 0.3) is 6.08 Å². The van der Waals surface area contributed by atoms with Crippen LogP contribution in [-0.2, 0) is 6.54 Å². The Balaban J connectivity index is 1.36. The summed E-state index contributed by atoms with van der Waals surface area (Å²) in [4.78, 5) is 2.48. The van der Waals surface area contributed by atoms with Crippen LogP contribution >= 0.6 is 0 Å². The van der Waals surface area contributed by atoms with Gasteiger partial charge in [-0.15, -0.1) is 0 Å². The van der Waals surface area contributed by atoms with Crippen molar-refractivity contribution in [2.75, 3.05) is 19.9 Å². The number of fused-ring (bicyclic) bond motifs is 1. The predicted octanol–water partition coefficient (Wildman–Crippen LogP) is 4.26. The normalized spacial score (nSPS) is 17.2. The number of nitrogens with zero attached hydrogens (tertiary/aromatic N) is 1. The molecule has 0 spiro atoms. The van der Waals surface area contributed by atoms with E-state index in [1.165, 1.54) is 11.1 Å². The third-order valence-electron chi connectivity index (χ3n) is 4.46. The second-order valence-corrected chi connectivity index (χ2v) is 6.20. The lowest BCUT2D eigenvalue weighted by molar-refractivity contribution is 0.174. The number of benzene rings is 2. The van der Waals surface area contributed by atoms with E-state index in [1.807, 2.05) is 12.1 Å². The first-order valence-corrected chi connectivity index (χ1v) is 8.40. The quantitative estimate of drug-likeness (QED) is 0.840. The Bertz CT molecular complexity index is 765. The molecular weight excluding hydrogens is 298 g/mol. The van der Waals surface area contributed by atoms with Crippen LogP contribution in [-0.4, -0.2) is 24.8 Å². The Morgan fingerprint density at radius 3 is 2.67 bits per heavy atom. The highest BCUT2D eigenvalue weighted by atomic mass is 16.7. The van der Waals surface area contributed by atoms with Gasteiger partial charge in [0, 0.05) is 19.6 Å². The molecule has 2 aromatic rings. The second-order valence-electron chi connectivity index (χ2n) is 6.20. The zero-order valence-electron chi connectivity index (χ0n) is 13.7. The molecule has 0 atom stereocenters. The van der Waals surface area contributed by atoms with Crippen LogP contribution in [0.15, 0.2) is 66.3 Å². The molecular formula is C21H21NO2. The van der Waals surface area contributed by atoms with Crippen molar-refractivity contribution in [2.24, 2.45) is 0 Å². The molecule has 2 aromatic carbocycles. The Kier molecular flexibility index (Phi) is 4.34. The van der Waals surface area contributed by atoms with Crippen molar-refractivity contribution < 1.29 is 9.47 Å². The van der Waals surface area contributed by atoms with Gasteiger partial charge in [0.15, 0.2) is 11.5 Å². The lowest BCUT2D eigenvalue weighted by Gasteiger charge is -2.25. The molecule has 0 fully saturated rings. The van der Waals surface area contributed by atoms with Crippen LogP contribution in [0.2, 0.25) is 0 Å². The minimum atomic E-state index is 0.324. The molecule has 0 aliphatic carbocycles. The van der Waals surface area contributed by atoms with E-state index >= 15 is 0 Å². The standard InChI is InChI=1S/C21H21NO2/c1-2-4-19(5-3-1)15-22-12-10-17(11-13-22)6-7-18-8-9-20-21(14-18)24-16-23-20/h1-10,14H,11-13,15-16H2. The molecule has 122 valence electrons. The molecule has 0 bridgehead atoms. The summed E-state index contributed by atoms with van der Waals surface area (Å²) in [5.41, 5.74) is 3.93. The van der Waals surface area contributed by atoms with Gasteiger partial charge in [0.1, 0.15) is 0 Å². The average molecular weight is 319 g/mol. The van der Waals surface area contributed by atoms with Crippen LogP contribution in [0.5, 0.6) is 11.5 Å². The first-order valence-electron chi connectivity index (χ1n) is 8.40. The monoisotopic (exact) mass is 319 g/mol. The minimum Gasteiger partial charge on any atom is -0.454 e. The van der Waals surface area contributed by atoms with E-state index in [2.05, 4.69) is 59.5 Å². The third kappa shape index (κ3) is 3.52. The molecule has 0 unspecified atom stereocenters. The average Bonchev–Trinajstić information content (AvgIpc) is 3.10. The van der Waals surface area contributed by atoms with E-state index in [1.54, 1.807) is 0 Å². The van der Waals surface area contributed by atoms with E-state index in [4.69, 9.17) is 9.47 Å². The molecule has 2 aliphatic heterocycles. The van der Waals surface area contributed by atoms with Crippen molar-refractivity contribution >= 4 is 6.08 Å². The fourth-order valence-electron chi connectivity index (χ4n) is 3.08. The number of allylic oxidation sites excluding steroid dienone is 1. The fraction of sp³-hybridized carbons (Fsp3) is 0.238. The maximum Gasteiger partial charge on any atom is 0.231 e. The molecule has 4 rings (SSSR count). The summed E-state index contributed by atoms with van der Waals surface area (Å²) in [5, 5.41) is 0. The number of hydrogen-bond acceptors (Lipinski definition) is 3. The van der Waals surface area contributed by atoms with Gasteiger partial charge in [0.05, 0.1) is 0 Å². The summed E-state index contributed by atoms with van der Waals surface area (Å²) in [6, 6.07) is 16.7. The van der Waals surface area contributed by atoms with Gasteiger partial charge in [0.2, 0.25) is 6.79 Å². The summed E-state index contributed by atoms with van der Waals surface area (Å²) >= 11 is 0. The van der Waals surface area contributed by atoms with Crippen LogP contribution in [0, 0.1) is 0 Å². The first kappa shape index (κ1) is 15.0. The summed E-state index contributed by atoms with van der Waals surface area (Å²) in [6.45, 7) is 3.46. The summed E-state index contributed by atoms with van der Waals surface area (Å²) in [7, 11) is 0. The predicted molar refractivity (Wildman–Crippen MR) is 96.0 cm³/mol. The second kappa shape index (κ2) is 6.93. The lowest BCUT2D eigenvalue weighted by atomic mass is 10.1. The van der Waals surface area contributed by atoms with Gasteiger partial charge in [-0.3, -0.25) is 4.90 Å². The molecule has 3 nitrogen and oxygen atoms in total. The SMILES string of the molecule is C(=Cc1ccc2c(c1)OCO2)C1=CCN(Cc2ccccc2)CC1. The molecule has 0 saturated carbocycles. The fourth-order valence-corrected chi connectivity index (χ4v) is 3.08. The summed E-state index contributed by atoms with van der Waals surface area (Å²) in [5.74, 6) is 1.67. The highest BCUT2D eigenvalue weighted by Gasteiger charge is 2.13. The Morgan fingerprint density at radius 1 is 0.958 bits per heavy atom. The molecule has 0 saturated heterocycles. The molecule has 24 heavy (non-hydrogen) atoms. The van der Waals surface area contributed by atoms with Gasteiger partial charge < -0.3 is 9.47 Å². The number of hydrogen-bond donors (Lipinski definition) is 0. The van der Waals surface area contributed by atoms with Gasteiger partial charge in [-0.05, 0) is 35.3 Å². The summed E-state index contributed by atoms with van der Waals surface area (Å²) < 4.78 is 10.8. The third-order valence-corrected chi connectivity index (χ3v) is 4.46. The van der Waals surface area contributed by atoms with Crippen molar-refractivity contribution in [1.29, 1.82) is 0 Å². The molecule has 0 radical (unpaired) electrons. The number of ether oxygens (including phenoxy) is 2. The zero-order valence-corrected chi connectivity index (χ0v) is 13.7. The van der Waals surface area contributed by atoms with Crippen molar-refractivity contribution in [3.8, 4) is 11.5 Å². The van der Waals surface area contributed by atoms with E-state index in [0.717, 1.165) is 43.1 Å². The van der Waals surface area contributed by atoms with Gasteiger partial charge in [-0.1, -0.05) is 54.6 Å². The minimum absolute atomic E-state index is 0.324. The van der Waals surface area contributed by atoms with Crippen LogP contribution < -0.4 is 9.47 Å². The van der Waals surface area contributed by atoms with E-state index in [-0.39, 0.29) is 0 Å².